The number of carbonyl (C=O) groups excluding carboxylic acids is 2. The smallest absolute Gasteiger partial charge is 0.252 e. The highest BCUT2D eigenvalue weighted by Gasteiger charge is 2.59. The zero-order chi connectivity index (χ0) is 13.0. The van der Waals surface area contributed by atoms with Crippen LogP contribution in [0.3, 0.4) is 0 Å². The van der Waals surface area contributed by atoms with Crippen molar-refractivity contribution in [2.75, 3.05) is 13.1 Å². The molecule has 4 atom stereocenters. The molecule has 5 aliphatic rings. The molecule has 19 heavy (non-hydrogen) atoms. The summed E-state index contributed by atoms with van der Waals surface area (Å²) in [5, 5.41) is 2.83. The molecular weight excluding hydrogens is 248 g/mol. The summed E-state index contributed by atoms with van der Waals surface area (Å²) < 4.78 is 11.6. The van der Waals surface area contributed by atoms with Crippen LogP contribution >= 0.6 is 0 Å². The minimum atomic E-state index is -0.927. The van der Waals surface area contributed by atoms with Gasteiger partial charge in [0.1, 0.15) is 6.54 Å². The minimum Gasteiger partial charge on any atom is -0.329 e. The molecule has 102 valence electrons. The zero-order valence-electron chi connectivity index (χ0n) is 10.5. The highest BCUT2D eigenvalue weighted by molar-refractivity contribution is 5.93. The first-order chi connectivity index (χ1) is 9.13. The van der Waals surface area contributed by atoms with Gasteiger partial charge in [0, 0.05) is 25.5 Å². The van der Waals surface area contributed by atoms with Crippen molar-refractivity contribution < 1.29 is 19.1 Å². The number of hydrogen-bond acceptors (Lipinski definition) is 4. The largest absolute Gasteiger partial charge is 0.329 e. The normalized spacial score (nSPS) is 42.4. The molecule has 0 radical (unpaired) electrons. The lowest BCUT2D eigenvalue weighted by atomic mass is 10.0. The van der Waals surface area contributed by atoms with Crippen molar-refractivity contribution >= 4 is 11.8 Å². The van der Waals surface area contributed by atoms with E-state index in [1.54, 1.807) is 6.08 Å². The Morgan fingerprint density at radius 2 is 2.37 bits per heavy atom. The quantitative estimate of drug-likeness (QED) is 0.763. The number of carbonyl (C=O) groups is 2. The standard InChI is InChI=1S/C13H16N2O4/c16-11(7-15-3-1-2-12(15)17)14-13-6-8-4-9(18-13)5-10(8)19-13/h1-2,8-10H,3-7H2,(H,14,16). The van der Waals surface area contributed by atoms with Gasteiger partial charge in [-0.3, -0.25) is 9.59 Å². The second kappa shape index (κ2) is 3.80. The Kier molecular flexibility index (Phi) is 2.29. The van der Waals surface area contributed by atoms with Crippen LogP contribution in [0.2, 0.25) is 0 Å². The third-order valence-electron chi connectivity index (χ3n) is 4.38. The predicted octanol–water partition coefficient (Wildman–Crippen LogP) is -0.247. The van der Waals surface area contributed by atoms with Gasteiger partial charge in [-0.05, 0) is 12.3 Å². The summed E-state index contributed by atoms with van der Waals surface area (Å²) in [6.45, 7) is 0.551. The van der Waals surface area contributed by atoms with Crippen LogP contribution in [-0.2, 0) is 19.1 Å². The van der Waals surface area contributed by atoms with Crippen LogP contribution in [0, 0.1) is 5.92 Å². The van der Waals surface area contributed by atoms with E-state index in [-0.39, 0.29) is 30.6 Å². The van der Waals surface area contributed by atoms with Crippen LogP contribution in [0.15, 0.2) is 12.2 Å². The monoisotopic (exact) mass is 264 g/mol. The van der Waals surface area contributed by atoms with E-state index in [2.05, 4.69) is 5.32 Å². The first kappa shape index (κ1) is 11.4. The fraction of sp³-hybridized carbons (Fsp3) is 0.692. The highest BCUT2D eigenvalue weighted by Crippen LogP contribution is 2.51. The highest BCUT2D eigenvalue weighted by atomic mass is 16.7. The lowest BCUT2D eigenvalue weighted by Crippen LogP contribution is -2.57. The van der Waals surface area contributed by atoms with Gasteiger partial charge >= 0.3 is 0 Å². The van der Waals surface area contributed by atoms with Crippen molar-refractivity contribution in [2.45, 2.75) is 37.4 Å². The van der Waals surface area contributed by atoms with Gasteiger partial charge in [-0.25, -0.2) is 0 Å². The van der Waals surface area contributed by atoms with Crippen LogP contribution in [0.25, 0.3) is 0 Å². The third kappa shape index (κ3) is 1.78. The molecule has 3 saturated heterocycles. The van der Waals surface area contributed by atoms with Crippen molar-refractivity contribution in [2.24, 2.45) is 5.92 Å². The van der Waals surface area contributed by atoms with E-state index >= 15 is 0 Å². The Morgan fingerprint density at radius 3 is 3.05 bits per heavy atom. The number of ether oxygens (including phenoxy) is 2. The van der Waals surface area contributed by atoms with E-state index in [4.69, 9.17) is 9.47 Å². The van der Waals surface area contributed by atoms with Gasteiger partial charge < -0.3 is 19.7 Å². The summed E-state index contributed by atoms with van der Waals surface area (Å²) in [4.78, 5) is 24.9. The summed E-state index contributed by atoms with van der Waals surface area (Å²) >= 11 is 0. The van der Waals surface area contributed by atoms with Crippen molar-refractivity contribution in [1.29, 1.82) is 0 Å². The Bertz CT molecular complexity index is 456. The van der Waals surface area contributed by atoms with E-state index in [0.29, 0.717) is 12.5 Å². The molecule has 4 aliphatic heterocycles. The number of nitrogens with one attached hydrogen (secondary N) is 1. The lowest BCUT2D eigenvalue weighted by molar-refractivity contribution is -0.294. The molecule has 5 rings (SSSR count). The molecular formula is C13H16N2O4. The van der Waals surface area contributed by atoms with E-state index in [1.165, 1.54) is 11.0 Å². The maximum Gasteiger partial charge on any atom is 0.252 e. The minimum absolute atomic E-state index is 0.0559. The second-order valence-electron chi connectivity index (χ2n) is 5.75. The van der Waals surface area contributed by atoms with E-state index < -0.39 is 5.91 Å². The molecule has 0 spiro atoms. The number of nitrogens with zero attached hydrogens (tertiary/aromatic N) is 1. The van der Waals surface area contributed by atoms with Crippen LogP contribution in [0.1, 0.15) is 19.3 Å². The van der Waals surface area contributed by atoms with Crippen LogP contribution in [-0.4, -0.2) is 47.9 Å². The number of rotatable bonds is 3. The van der Waals surface area contributed by atoms with Crippen molar-refractivity contribution in [1.82, 2.24) is 10.2 Å². The summed E-state index contributed by atoms with van der Waals surface area (Å²) in [5.74, 6) is -0.762. The Hall–Kier alpha value is -1.40. The van der Waals surface area contributed by atoms with Gasteiger partial charge in [-0.2, -0.15) is 0 Å². The summed E-state index contributed by atoms with van der Waals surface area (Å²) in [6, 6.07) is 0. The SMILES string of the molecule is O=C(CN1CC=CC1=O)NC12CC3CC(CC3O1)O2. The van der Waals surface area contributed by atoms with Gasteiger partial charge in [-0.15, -0.1) is 0 Å². The van der Waals surface area contributed by atoms with Crippen LogP contribution < -0.4 is 5.32 Å². The first-order valence-corrected chi connectivity index (χ1v) is 6.76. The third-order valence-corrected chi connectivity index (χ3v) is 4.38. The van der Waals surface area contributed by atoms with Crippen LogP contribution in [0.5, 0.6) is 0 Å². The summed E-state index contributed by atoms with van der Waals surface area (Å²) in [6.07, 6.45) is 6.39. The molecule has 1 saturated carbocycles. The molecule has 0 aromatic carbocycles. The molecule has 1 aliphatic carbocycles. The van der Waals surface area contributed by atoms with Crippen molar-refractivity contribution in [3.05, 3.63) is 12.2 Å². The Morgan fingerprint density at radius 1 is 1.47 bits per heavy atom. The van der Waals surface area contributed by atoms with E-state index in [1.807, 2.05) is 0 Å². The molecule has 0 aromatic heterocycles. The molecule has 4 bridgehead atoms. The molecule has 2 amide bonds. The average molecular weight is 264 g/mol. The van der Waals surface area contributed by atoms with Gasteiger partial charge in [0.25, 0.3) is 5.91 Å². The average Bonchev–Trinajstić information content (AvgIpc) is 2.91. The Labute approximate surface area is 110 Å². The van der Waals surface area contributed by atoms with Crippen molar-refractivity contribution in [3.8, 4) is 0 Å². The molecule has 6 nitrogen and oxygen atoms in total. The molecule has 6 heteroatoms. The lowest BCUT2D eigenvalue weighted by Gasteiger charge is -2.38. The van der Waals surface area contributed by atoms with Gasteiger partial charge in [-0.1, -0.05) is 6.08 Å². The maximum absolute atomic E-state index is 12.0. The molecule has 0 aromatic rings. The van der Waals surface area contributed by atoms with E-state index in [9.17, 15) is 9.59 Å². The van der Waals surface area contributed by atoms with Crippen LogP contribution in [0.4, 0.5) is 0 Å². The predicted molar refractivity (Wildman–Crippen MR) is 63.7 cm³/mol. The molecule has 4 heterocycles. The van der Waals surface area contributed by atoms with Gasteiger partial charge in [0.15, 0.2) is 0 Å². The number of amides is 2. The fourth-order valence-electron chi connectivity index (χ4n) is 3.63. The first-order valence-electron chi connectivity index (χ1n) is 6.76. The van der Waals surface area contributed by atoms with Crippen molar-refractivity contribution in [3.63, 3.8) is 0 Å². The van der Waals surface area contributed by atoms with E-state index in [0.717, 1.165) is 19.3 Å². The summed E-state index contributed by atoms with van der Waals surface area (Å²) in [5.41, 5.74) is 0. The molecule has 1 N–H and O–H groups in total. The fourth-order valence-corrected chi connectivity index (χ4v) is 3.63. The molecule has 4 unspecified atom stereocenters. The Balaban J connectivity index is 1.39. The topological polar surface area (TPSA) is 67.9 Å². The number of hydrogen-bond donors (Lipinski definition) is 1. The molecule has 4 fully saturated rings. The maximum atomic E-state index is 12.0. The summed E-state index contributed by atoms with van der Waals surface area (Å²) in [7, 11) is 0. The second-order valence-corrected chi connectivity index (χ2v) is 5.75. The van der Waals surface area contributed by atoms with Gasteiger partial charge in [0.05, 0.1) is 12.2 Å². The zero-order valence-corrected chi connectivity index (χ0v) is 10.5. The van der Waals surface area contributed by atoms with Gasteiger partial charge in [0.2, 0.25) is 11.8 Å².